The maximum absolute atomic E-state index is 5.69. The molecule has 6 heteroatoms. The monoisotopic (exact) mass is 275 g/mol. The van der Waals surface area contributed by atoms with Gasteiger partial charge < -0.3 is 10.1 Å². The zero-order chi connectivity index (χ0) is 14.4. The lowest BCUT2D eigenvalue weighted by Gasteiger charge is -2.14. The van der Waals surface area contributed by atoms with Gasteiger partial charge in [0.15, 0.2) is 6.61 Å². The molecule has 0 spiro atoms. The van der Waals surface area contributed by atoms with Gasteiger partial charge in [0.05, 0.1) is 7.05 Å². The summed E-state index contributed by atoms with van der Waals surface area (Å²) < 4.78 is 5.69. The van der Waals surface area contributed by atoms with Crippen LogP contribution in [0.25, 0.3) is 0 Å². The SMILES string of the molecule is CCCNC(C)c1cccc(OCc2nnn(C)n2)c1. The van der Waals surface area contributed by atoms with Gasteiger partial charge in [0.25, 0.3) is 0 Å². The lowest BCUT2D eigenvalue weighted by Crippen LogP contribution is -2.19. The molecule has 1 unspecified atom stereocenters. The van der Waals surface area contributed by atoms with Gasteiger partial charge in [-0.1, -0.05) is 19.1 Å². The zero-order valence-electron chi connectivity index (χ0n) is 12.2. The number of benzene rings is 1. The zero-order valence-corrected chi connectivity index (χ0v) is 12.2. The summed E-state index contributed by atoms with van der Waals surface area (Å²) in [7, 11) is 1.73. The molecule has 1 atom stereocenters. The number of tetrazole rings is 1. The number of rotatable bonds is 7. The summed E-state index contributed by atoms with van der Waals surface area (Å²) in [4.78, 5) is 1.42. The van der Waals surface area contributed by atoms with Crippen LogP contribution in [0.2, 0.25) is 0 Å². The molecule has 1 N–H and O–H groups in total. The molecule has 20 heavy (non-hydrogen) atoms. The molecule has 2 rings (SSSR count). The Balaban J connectivity index is 1.95. The van der Waals surface area contributed by atoms with Crippen LogP contribution in [0.1, 0.15) is 37.7 Å². The van der Waals surface area contributed by atoms with E-state index in [4.69, 9.17) is 4.74 Å². The Hall–Kier alpha value is -1.95. The highest BCUT2D eigenvalue weighted by Gasteiger charge is 2.06. The van der Waals surface area contributed by atoms with Gasteiger partial charge in [-0.05, 0) is 42.8 Å². The van der Waals surface area contributed by atoms with Crippen molar-refractivity contribution in [2.45, 2.75) is 32.9 Å². The number of nitrogens with one attached hydrogen (secondary N) is 1. The van der Waals surface area contributed by atoms with Crippen LogP contribution < -0.4 is 10.1 Å². The van der Waals surface area contributed by atoms with Crippen molar-refractivity contribution in [3.8, 4) is 5.75 Å². The van der Waals surface area contributed by atoms with E-state index in [1.54, 1.807) is 7.05 Å². The van der Waals surface area contributed by atoms with Crippen LogP contribution in [0.15, 0.2) is 24.3 Å². The molecule has 0 fully saturated rings. The van der Waals surface area contributed by atoms with E-state index in [-0.39, 0.29) is 0 Å². The van der Waals surface area contributed by atoms with E-state index in [0.717, 1.165) is 18.7 Å². The predicted molar refractivity (Wildman–Crippen MR) is 76.3 cm³/mol. The van der Waals surface area contributed by atoms with Crippen LogP contribution in [0.4, 0.5) is 0 Å². The van der Waals surface area contributed by atoms with Crippen molar-refractivity contribution in [3.05, 3.63) is 35.7 Å². The van der Waals surface area contributed by atoms with Gasteiger partial charge in [0.2, 0.25) is 5.82 Å². The van der Waals surface area contributed by atoms with Crippen LogP contribution in [0, 0.1) is 0 Å². The third-order valence-corrected chi connectivity index (χ3v) is 2.98. The van der Waals surface area contributed by atoms with Gasteiger partial charge >= 0.3 is 0 Å². The molecule has 1 heterocycles. The Morgan fingerprint density at radius 1 is 1.40 bits per heavy atom. The third kappa shape index (κ3) is 4.03. The summed E-state index contributed by atoms with van der Waals surface area (Å²) in [6, 6.07) is 8.39. The molecule has 0 radical (unpaired) electrons. The molecular formula is C14H21N5O. The minimum atomic E-state index is 0.313. The minimum Gasteiger partial charge on any atom is -0.485 e. The molecule has 0 saturated carbocycles. The van der Waals surface area contributed by atoms with Crippen LogP contribution >= 0.6 is 0 Å². The second kappa shape index (κ2) is 7.00. The fraction of sp³-hybridized carbons (Fsp3) is 0.500. The average molecular weight is 275 g/mol. The van der Waals surface area contributed by atoms with Crippen molar-refractivity contribution in [1.29, 1.82) is 0 Å². The molecule has 108 valence electrons. The number of aromatic nitrogens is 4. The number of hydrogen-bond acceptors (Lipinski definition) is 5. The molecule has 0 amide bonds. The minimum absolute atomic E-state index is 0.313. The highest BCUT2D eigenvalue weighted by molar-refractivity contribution is 5.30. The average Bonchev–Trinajstić information content (AvgIpc) is 2.88. The number of aryl methyl sites for hydroxylation is 1. The molecular weight excluding hydrogens is 254 g/mol. The molecule has 1 aromatic heterocycles. The maximum atomic E-state index is 5.69. The van der Waals surface area contributed by atoms with Crippen LogP contribution in [-0.4, -0.2) is 26.8 Å². The Kier molecular flexibility index (Phi) is 5.06. The van der Waals surface area contributed by atoms with Crippen molar-refractivity contribution in [3.63, 3.8) is 0 Å². The van der Waals surface area contributed by atoms with Crippen molar-refractivity contribution < 1.29 is 4.74 Å². The molecule has 0 aliphatic rings. The quantitative estimate of drug-likeness (QED) is 0.835. The first-order chi connectivity index (χ1) is 9.69. The summed E-state index contributed by atoms with van der Waals surface area (Å²) in [6.45, 7) is 5.65. The van der Waals surface area contributed by atoms with Crippen LogP contribution in [0.5, 0.6) is 5.75 Å². The fourth-order valence-electron chi connectivity index (χ4n) is 1.88. The number of hydrogen-bond donors (Lipinski definition) is 1. The van der Waals surface area contributed by atoms with Crippen molar-refractivity contribution in [1.82, 2.24) is 25.5 Å². The van der Waals surface area contributed by atoms with Crippen molar-refractivity contribution in [2.24, 2.45) is 7.05 Å². The second-order valence-corrected chi connectivity index (χ2v) is 4.73. The Morgan fingerprint density at radius 3 is 2.95 bits per heavy atom. The van der Waals surface area contributed by atoms with E-state index < -0.39 is 0 Å². The van der Waals surface area contributed by atoms with E-state index in [1.165, 1.54) is 10.4 Å². The first-order valence-corrected chi connectivity index (χ1v) is 6.88. The second-order valence-electron chi connectivity index (χ2n) is 4.73. The van der Waals surface area contributed by atoms with E-state index in [9.17, 15) is 0 Å². The lowest BCUT2D eigenvalue weighted by molar-refractivity contribution is 0.294. The van der Waals surface area contributed by atoms with Gasteiger partial charge in [-0.15, -0.1) is 10.2 Å². The van der Waals surface area contributed by atoms with E-state index in [2.05, 4.69) is 40.6 Å². The highest BCUT2D eigenvalue weighted by Crippen LogP contribution is 2.19. The number of nitrogens with zero attached hydrogens (tertiary/aromatic N) is 4. The lowest BCUT2D eigenvalue weighted by atomic mass is 10.1. The molecule has 0 aliphatic carbocycles. The topological polar surface area (TPSA) is 64.9 Å². The molecule has 0 bridgehead atoms. The Bertz CT molecular complexity index is 540. The van der Waals surface area contributed by atoms with E-state index in [0.29, 0.717) is 18.5 Å². The Labute approximate surface area is 119 Å². The third-order valence-electron chi connectivity index (χ3n) is 2.98. The maximum Gasteiger partial charge on any atom is 0.212 e. The standard InChI is InChI=1S/C14H21N5O/c1-4-8-15-11(2)12-6-5-7-13(9-12)20-10-14-16-18-19(3)17-14/h5-7,9,11,15H,4,8,10H2,1-3H3. The van der Waals surface area contributed by atoms with Gasteiger partial charge in [0, 0.05) is 6.04 Å². The largest absolute Gasteiger partial charge is 0.485 e. The molecule has 0 aliphatic heterocycles. The van der Waals surface area contributed by atoms with E-state index >= 15 is 0 Å². The summed E-state index contributed by atoms with van der Waals surface area (Å²) in [5.74, 6) is 1.40. The van der Waals surface area contributed by atoms with Gasteiger partial charge in [-0.3, -0.25) is 0 Å². The fourth-order valence-corrected chi connectivity index (χ4v) is 1.88. The first kappa shape index (κ1) is 14.5. The van der Waals surface area contributed by atoms with Crippen molar-refractivity contribution >= 4 is 0 Å². The van der Waals surface area contributed by atoms with Gasteiger partial charge in [-0.25, -0.2) is 0 Å². The molecule has 0 saturated heterocycles. The molecule has 1 aromatic carbocycles. The van der Waals surface area contributed by atoms with Gasteiger partial charge in [0.1, 0.15) is 5.75 Å². The summed E-state index contributed by atoms with van der Waals surface area (Å²) in [5, 5.41) is 15.2. The number of ether oxygens (including phenoxy) is 1. The highest BCUT2D eigenvalue weighted by atomic mass is 16.5. The van der Waals surface area contributed by atoms with Crippen LogP contribution in [-0.2, 0) is 13.7 Å². The molecule has 6 nitrogen and oxygen atoms in total. The summed E-state index contributed by atoms with van der Waals surface area (Å²) >= 11 is 0. The normalized spacial score (nSPS) is 12.3. The van der Waals surface area contributed by atoms with Gasteiger partial charge in [-0.2, -0.15) is 4.80 Å². The van der Waals surface area contributed by atoms with Crippen molar-refractivity contribution in [2.75, 3.05) is 6.54 Å². The Morgan fingerprint density at radius 2 is 2.25 bits per heavy atom. The smallest absolute Gasteiger partial charge is 0.212 e. The van der Waals surface area contributed by atoms with Crippen LogP contribution in [0.3, 0.4) is 0 Å². The summed E-state index contributed by atoms with van der Waals surface area (Å²) in [6.07, 6.45) is 1.12. The van der Waals surface area contributed by atoms with E-state index in [1.807, 2.05) is 18.2 Å². The molecule has 2 aromatic rings. The first-order valence-electron chi connectivity index (χ1n) is 6.88. The predicted octanol–water partition coefficient (Wildman–Crippen LogP) is 1.85. The summed E-state index contributed by atoms with van der Waals surface area (Å²) in [5.41, 5.74) is 1.21.